The second kappa shape index (κ2) is 49.6. The quantitative estimate of drug-likeness (QED) is 0.00925. The number of rotatable bonds is 17. The Balaban J connectivity index is 0.000000763. The Morgan fingerprint density at radius 3 is 0.935 bits per heavy atom. The second-order valence-corrected chi connectivity index (χ2v) is 42.3. The van der Waals surface area contributed by atoms with Crippen LogP contribution in [0, 0.1) is 0 Å². The lowest BCUT2D eigenvalue weighted by Crippen LogP contribution is -2.44. The standard InChI is InChI=1S/C15H16Cl3F2N3O6.C14H14Cl3F2N3O7.C12H15F2N3O4.C11H13F2N3O5.C6H15ClSi.C4H8O.C3H2Cl4O2.2CH4/c1-3-8-10(29-13(26)27-6-14(16,17)18)15(19,20)11(28-8)23-5-4-9(21-7(2)24)22-12(23)25;1-6(24)20-8-2-3-22(11(25)21-8)10-14(18,19)9(7(4-23)28-10)29-12(26)27-5-13(15,16)17;1-3-7-9(19)12(13,14)10(21-7)17-5-4-8(15-6(2)18)16-11(17)20;1-5(18)14-7-2-3-16(10(20)15-7)9-11(12,13)8(19)6(4-17)21-9;1-6(2,3)8(4,5)7;1-2-4-5-3-1;4-2(8)9-1-3(5,6)7;;/h4-5,8,10-11H,3,6H2,1-2H3,(H,21,22,24,25);2-3,7,9-10,23H,4-5H2,1H3,(H,20,21,24,25);4-5,7,9-10,19H,3H2,1-2H3,(H,15,16,18,20);2-3,6,8-9,17,19H,4H2,1H3,(H,14,15,18,20);1-5H3;1-4H2;1H2;2*1H4/t8-,10-,11-;2*7-,9-,10-;6-,8-,9-;;;;;/m1111...../s1. The first-order valence-electron chi connectivity index (χ1n) is 35.0. The van der Waals surface area contributed by atoms with E-state index < -0.39 is 207 Å². The van der Waals surface area contributed by atoms with Crippen LogP contribution >= 0.6 is 127 Å². The van der Waals surface area contributed by atoms with Gasteiger partial charge in [-0.05, 0) is 55.0 Å². The monoisotopic (exact) mass is 2030 g/mol. The highest BCUT2D eigenvalue weighted by Crippen LogP contribution is 2.48. The summed E-state index contributed by atoms with van der Waals surface area (Å²) in [4.78, 5) is 139. The maximum absolute atomic E-state index is 14.9. The van der Waals surface area contributed by atoms with Gasteiger partial charge >= 0.3 is 64.2 Å². The zero-order valence-corrected chi connectivity index (χ0v) is 74.8. The van der Waals surface area contributed by atoms with Crippen molar-refractivity contribution in [1.29, 1.82) is 0 Å². The molecule has 4 aromatic rings. The minimum Gasteiger partial charge on any atom is -0.449 e. The third-order valence-electron chi connectivity index (χ3n) is 16.3. The van der Waals surface area contributed by atoms with Crippen LogP contribution in [0.15, 0.2) is 68.2 Å². The van der Waals surface area contributed by atoms with E-state index in [2.05, 4.69) is 98.8 Å². The van der Waals surface area contributed by atoms with Gasteiger partial charge in [0.25, 0.3) is 0 Å². The predicted octanol–water partition coefficient (Wildman–Crippen LogP) is 12.3. The van der Waals surface area contributed by atoms with Gasteiger partial charge in [0.05, 0.1) is 19.3 Å². The maximum atomic E-state index is 14.9. The Hall–Kier alpha value is -6.10. The fraction of sp³-hybridized carbons (Fsp3) is 0.657. The molecule has 12 atom stereocenters. The number of halogens is 19. The molecule has 4 aromatic heterocycles. The van der Waals surface area contributed by atoms with Crippen LogP contribution in [-0.4, -0.2) is 238 Å². The number of hydrogen-bond acceptors (Lipinski definition) is 29. The number of alkyl halides is 17. The number of aliphatic hydroxyl groups is 4. The molecule has 0 aromatic carbocycles. The Labute approximate surface area is 757 Å². The van der Waals surface area contributed by atoms with Crippen molar-refractivity contribution >= 4 is 199 Å². The van der Waals surface area contributed by atoms with Crippen LogP contribution in [0.1, 0.15) is 128 Å². The van der Waals surface area contributed by atoms with Gasteiger partial charge in [-0.3, -0.25) is 37.4 Å². The first-order valence-corrected chi connectivity index (χ1v) is 42.8. The molecule has 0 aliphatic carbocycles. The van der Waals surface area contributed by atoms with Crippen LogP contribution < -0.4 is 44.0 Å². The maximum Gasteiger partial charge on any atom is 0.509 e. The minimum absolute atomic E-state index is 0. The van der Waals surface area contributed by atoms with E-state index in [0.29, 0.717) is 23.3 Å². The van der Waals surface area contributed by atoms with Crippen LogP contribution in [0.4, 0.5) is 72.8 Å². The number of ether oxygens (including phenoxy) is 10. The van der Waals surface area contributed by atoms with E-state index in [-0.39, 0.29) is 57.6 Å². The van der Waals surface area contributed by atoms with Gasteiger partial charge in [0, 0.05) is 77.3 Å². The predicted molar refractivity (Wildman–Crippen MR) is 440 cm³/mol. The summed E-state index contributed by atoms with van der Waals surface area (Å²) >= 11 is 58.8. The average molecular weight is 2030 g/mol. The van der Waals surface area contributed by atoms with Gasteiger partial charge in [-0.1, -0.05) is 167 Å². The van der Waals surface area contributed by atoms with Crippen molar-refractivity contribution in [3.63, 3.8) is 0 Å². The van der Waals surface area contributed by atoms with Crippen molar-refractivity contribution in [2.75, 3.05) is 67.5 Å². The Morgan fingerprint density at radius 1 is 0.476 bits per heavy atom. The summed E-state index contributed by atoms with van der Waals surface area (Å²) < 4.78 is 159. The third-order valence-corrected chi connectivity index (χ3v) is 22.6. The Kier molecular flexibility index (Phi) is 46.4. The zero-order valence-electron chi connectivity index (χ0n) is 65.4. The number of carbonyl (C=O) groups excluding carboxylic acids is 7. The van der Waals surface area contributed by atoms with E-state index >= 15 is 0 Å². The fourth-order valence-electron chi connectivity index (χ4n) is 9.68. The number of aromatic nitrogens is 8. The molecule has 4 amide bonds. The fourth-order valence-corrected chi connectivity index (χ4v) is 10.2. The lowest BCUT2D eigenvalue weighted by molar-refractivity contribution is -0.146. The molecule has 57 heteroatoms. The lowest BCUT2D eigenvalue weighted by Gasteiger charge is -2.29. The van der Waals surface area contributed by atoms with Gasteiger partial charge in [-0.25, -0.2) is 33.6 Å². The Morgan fingerprint density at radius 2 is 0.726 bits per heavy atom. The molecule has 37 nitrogen and oxygen atoms in total. The number of anilines is 4. The Bertz CT molecular complexity index is 4180. The first kappa shape index (κ1) is 116. The molecular weight excluding hydrogens is 1940 g/mol. The van der Waals surface area contributed by atoms with E-state index in [9.17, 15) is 103 Å². The lowest BCUT2D eigenvalue weighted by atomic mass is 10.1. The molecule has 0 bridgehead atoms. The van der Waals surface area contributed by atoms with Crippen LogP contribution in [0.5, 0.6) is 0 Å². The molecule has 0 spiro atoms. The van der Waals surface area contributed by atoms with Crippen molar-refractivity contribution in [2.45, 2.75) is 230 Å². The van der Waals surface area contributed by atoms with Crippen molar-refractivity contribution in [3.8, 4) is 0 Å². The molecule has 5 aliphatic rings. The van der Waals surface area contributed by atoms with E-state index in [4.69, 9.17) is 156 Å². The number of aliphatic hydroxyl groups excluding tert-OH is 4. The molecule has 0 radical (unpaired) electrons. The summed E-state index contributed by atoms with van der Waals surface area (Å²) in [6, 6.07) is 4.57. The molecule has 124 heavy (non-hydrogen) atoms. The summed E-state index contributed by atoms with van der Waals surface area (Å²) in [5.74, 6) is -17.5. The molecule has 9 heterocycles. The smallest absolute Gasteiger partial charge is 0.449 e. The largest absolute Gasteiger partial charge is 0.509 e. The summed E-state index contributed by atoms with van der Waals surface area (Å²) in [6.07, 6.45) is -19.0. The van der Waals surface area contributed by atoms with Gasteiger partial charge in [-0.15, -0.1) is 0 Å². The summed E-state index contributed by atoms with van der Waals surface area (Å²) in [7, 11) is -1.39. The van der Waals surface area contributed by atoms with E-state index in [0.717, 1.165) is 63.1 Å². The molecule has 706 valence electrons. The number of hydrogen-bond donors (Lipinski definition) is 8. The zero-order chi connectivity index (χ0) is 93.6. The van der Waals surface area contributed by atoms with Crippen LogP contribution in [0.3, 0.4) is 0 Å². The van der Waals surface area contributed by atoms with Crippen LogP contribution in [0.2, 0.25) is 18.1 Å². The number of nitrogens with zero attached hydrogens (tertiary/aromatic N) is 8. The molecule has 5 fully saturated rings. The van der Waals surface area contributed by atoms with Gasteiger partial charge in [-0.2, -0.15) is 66.1 Å². The topological polar surface area (TPSA) is 480 Å². The number of amides is 4. The molecule has 9 rings (SSSR count). The highest BCUT2D eigenvalue weighted by atomic mass is 35.6. The highest BCUT2D eigenvalue weighted by molar-refractivity contribution is 7.20. The summed E-state index contributed by atoms with van der Waals surface area (Å²) in [6.45, 7) is 17.2. The second-order valence-electron chi connectivity index (χ2n) is 27.2. The van der Waals surface area contributed by atoms with Crippen molar-refractivity contribution in [3.05, 3.63) is 91.0 Å². The number of carbonyl (C=O) groups is 7. The van der Waals surface area contributed by atoms with Gasteiger partial charge in [0.2, 0.25) is 66.0 Å². The normalized spacial score (nSPS) is 23.0. The van der Waals surface area contributed by atoms with Crippen molar-refractivity contribution in [1.82, 2.24) is 38.2 Å². The molecule has 5 aliphatic heterocycles. The van der Waals surface area contributed by atoms with E-state index in [1.54, 1.807) is 6.92 Å². The third kappa shape index (κ3) is 36.1. The molecule has 5 saturated heterocycles. The minimum atomic E-state index is -3.98. The highest BCUT2D eigenvalue weighted by Gasteiger charge is 2.65. The molecular formula is C67H91Cl11F8N12O25Si. The van der Waals surface area contributed by atoms with Gasteiger partial charge in [0.15, 0.2) is 19.6 Å². The van der Waals surface area contributed by atoms with Crippen LogP contribution in [-0.2, 0) is 66.5 Å². The summed E-state index contributed by atoms with van der Waals surface area (Å²) in [5, 5.41) is 46.4. The van der Waals surface area contributed by atoms with Gasteiger partial charge < -0.3 is 89.1 Å². The van der Waals surface area contributed by atoms with Crippen molar-refractivity contribution in [2.24, 2.45) is 0 Å². The molecule has 0 unspecified atom stereocenters. The first-order chi connectivity index (χ1) is 55.9. The SMILES string of the molecule is C.C.C1CCOC1.CC(=O)Nc1ccn([C@@H]2O[C@H](CO)[C@@H](O)C2(F)F)c(=O)n1.CC(=O)Nc1ccn([C@@H]2O[C@H](CO)[C@@H](OC(=O)OCC(Cl)(Cl)Cl)C2(F)F)c(=O)n1.CC(C)(C)[Si](C)(C)Cl.CC[C@H]1O[C@@H](n2ccc(NC(C)=O)nc2=O)C(F)(F)[C@@H]1O.CC[C@H]1O[C@@H](n2ccc(NC(C)=O)nc2=O)C(F)(F)[C@@H]1OC(=O)OCC(Cl)(Cl)Cl.O=C(Cl)OCC(Cl)(Cl)Cl. The summed E-state index contributed by atoms with van der Waals surface area (Å²) in [5.41, 5.74) is -5.36. The number of nitrogens with one attached hydrogen (secondary N) is 4. The molecule has 0 saturated carbocycles. The van der Waals surface area contributed by atoms with Crippen molar-refractivity contribution < 1.29 is 136 Å². The van der Waals surface area contributed by atoms with Crippen LogP contribution in [0.25, 0.3) is 0 Å². The van der Waals surface area contributed by atoms with Gasteiger partial charge in [0.1, 0.15) is 67.5 Å². The van der Waals surface area contributed by atoms with E-state index in [1.807, 2.05) is 0 Å². The van der Waals surface area contributed by atoms with E-state index in [1.165, 1.54) is 46.6 Å². The average Bonchev–Trinajstić information content (AvgIpc) is 1.65. The molecule has 8 N–H and O–H groups in total.